The topological polar surface area (TPSA) is 21.3 Å². The first-order chi connectivity index (χ1) is 7.74. The second-order valence-corrected chi connectivity index (χ2v) is 3.80. The molecular weight excluding hydrogens is 198 g/mol. The fourth-order valence-electron chi connectivity index (χ4n) is 1.37. The molecular formula is C14H19NO. The van der Waals surface area contributed by atoms with Crippen LogP contribution in [0.15, 0.2) is 24.3 Å². The van der Waals surface area contributed by atoms with Crippen LogP contribution in [0.5, 0.6) is 5.75 Å². The second-order valence-electron chi connectivity index (χ2n) is 3.80. The molecule has 0 aliphatic carbocycles. The van der Waals surface area contributed by atoms with E-state index in [2.05, 4.69) is 23.2 Å². The van der Waals surface area contributed by atoms with E-state index in [0.717, 1.165) is 12.3 Å². The van der Waals surface area contributed by atoms with E-state index in [4.69, 9.17) is 4.74 Å². The van der Waals surface area contributed by atoms with Gasteiger partial charge in [0.1, 0.15) is 5.75 Å². The smallest absolute Gasteiger partial charge is 0.124 e. The number of benzene rings is 1. The molecule has 0 aliphatic heterocycles. The first-order valence-corrected chi connectivity index (χ1v) is 5.59. The van der Waals surface area contributed by atoms with Gasteiger partial charge in [0.05, 0.1) is 12.6 Å². The Kier molecular flexibility index (Phi) is 5.45. The Bertz CT molecular complexity index is 374. The summed E-state index contributed by atoms with van der Waals surface area (Å²) < 4.78 is 5.73. The van der Waals surface area contributed by atoms with Crippen molar-refractivity contribution in [2.45, 2.75) is 33.4 Å². The summed E-state index contributed by atoms with van der Waals surface area (Å²) in [5, 5.41) is 3.26. The molecule has 0 aromatic heterocycles. The Labute approximate surface area is 98.0 Å². The molecule has 0 fully saturated rings. The third-order valence-corrected chi connectivity index (χ3v) is 2.04. The SMILES string of the molecule is CC#CCNCc1ccccc1OC(C)C. The van der Waals surface area contributed by atoms with Crippen molar-refractivity contribution in [1.29, 1.82) is 0 Å². The van der Waals surface area contributed by atoms with Crippen LogP contribution in [0, 0.1) is 11.8 Å². The molecule has 0 aliphatic rings. The van der Waals surface area contributed by atoms with E-state index in [1.807, 2.05) is 39.0 Å². The highest BCUT2D eigenvalue weighted by atomic mass is 16.5. The molecule has 16 heavy (non-hydrogen) atoms. The second kappa shape index (κ2) is 6.92. The number of para-hydroxylation sites is 1. The summed E-state index contributed by atoms with van der Waals surface area (Å²) in [7, 11) is 0. The van der Waals surface area contributed by atoms with Crippen LogP contribution in [0.2, 0.25) is 0 Å². The molecule has 1 N–H and O–H groups in total. The van der Waals surface area contributed by atoms with Crippen LogP contribution < -0.4 is 10.1 Å². The molecule has 0 unspecified atom stereocenters. The van der Waals surface area contributed by atoms with Crippen molar-refractivity contribution in [2.75, 3.05) is 6.54 Å². The van der Waals surface area contributed by atoms with Gasteiger partial charge in [0, 0.05) is 12.1 Å². The van der Waals surface area contributed by atoms with E-state index in [-0.39, 0.29) is 6.10 Å². The first-order valence-electron chi connectivity index (χ1n) is 5.59. The Morgan fingerprint density at radius 1 is 1.31 bits per heavy atom. The first kappa shape index (κ1) is 12.6. The van der Waals surface area contributed by atoms with Crippen LogP contribution in [0.25, 0.3) is 0 Å². The van der Waals surface area contributed by atoms with E-state index < -0.39 is 0 Å². The monoisotopic (exact) mass is 217 g/mol. The summed E-state index contributed by atoms with van der Waals surface area (Å²) in [6.07, 6.45) is 0.205. The van der Waals surface area contributed by atoms with E-state index in [0.29, 0.717) is 6.54 Å². The Morgan fingerprint density at radius 2 is 2.06 bits per heavy atom. The van der Waals surface area contributed by atoms with Gasteiger partial charge in [0.25, 0.3) is 0 Å². The summed E-state index contributed by atoms with van der Waals surface area (Å²) in [5.41, 5.74) is 1.18. The fourth-order valence-corrected chi connectivity index (χ4v) is 1.37. The summed E-state index contributed by atoms with van der Waals surface area (Å²) >= 11 is 0. The van der Waals surface area contributed by atoms with Gasteiger partial charge in [-0.05, 0) is 26.8 Å². The van der Waals surface area contributed by atoms with Gasteiger partial charge in [-0.1, -0.05) is 24.1 Å². The summed E-state index contributed by atoms with van der Waals surface area (Å²) in [6.45, 7) is 7.42. The van der Waals surface area contributed by atoms with Gasteiger partial charge < -0.3 is 10.1 Å². The van der Waals surface area contributed by atoms with E-state index in [9.17, 15) is 0 Å². The molecule has 0 atom stereocenters. The molecule has 0 saturated heterocycles. The van der Waals surface area contributed by atoms with Crippen molar-refractivity contribution in [1.82, 2.24) is 5.32 Å². The molecule has 0 spiro atoms. The highest BCUT2D eigenvalue weighted by Crippen LogP contribution is 2.18. The minimum Gasteiger partial charge on any atom is -0.491 e. The predicted octanol–water partition coefficient (Wildman–Crippen LogP) is 2.59. The molecule has 2 nitrogen and oxygen atoms in total. The van der Waals surface area contributed by atoms with Crippen LogP contribution in [0.4, 0.5) is 0 Å². The van der Waals surface area contributed by atoms with Crippen LogP contribution in [-0.4, -0.2) is 12.6 Å². The van der Waals surface area contributed by atoms with Crippen molar-refractivity contribution in [2.24, 2.45) is 0 Å². The minimum absolute atomic E-state index is 0.205. The largest absolute Gasteiger partial charge is 0.491 e. The molecule has 86 valence electrons. The van der Waals surface area contributed by atoms with Gasteiger partial charge >= 0.3 is 0 Å². The normalized spacial score (nSPS) is 9.75. The van der Waals surface area contributed by atoms with Crippen molar-refractivity contribution >= 4 is 0 Å². The zero-order valence-electron chi connectivity index (χ0n) is 10.2. The third kappa shape index (κ3) is 4.37. The van der Waals surface area contributed by atoms with Crippen LogP contribution in [0.3, 0.4) is 0 Å². The molecule has 0 amide bonds. The number of rotatable bonds is 5. The molecule has 2 heteroatoms. The minimum atomic E-state index is 0.205. The van der Waals surface area contributed by atoms with Gasteiger partial charge in [0.2, 0.25) is 0 Å². The summed E-state index contributed by atoms with van der Waals surface area (Å²) in [4.78, 5) is 0. The van der Waals surface area contributed by atoms with Crippen molar-refractivity contribution in [3.63, 3.8) is 0 Å². The maximum absolute atomic E-state index is 5.73. The summed E-state index contributed by atoms with van der Waals surface area (Å²) in [6, 6.07) is 8.09. The molecule has 0 heterocycles. The van der Waals surface area contributed by atoms with Crippen molar-refractivity contribution < 1.29 is 4.74 Å². The maximum Gasteiger partial charge on any atom is 0.124 e. The number of nitrogens with one attached hydrogen (secondary N) is 1. The molecule has 0 radical (unpaired) electrons. The predicted molar refractivity (Wildman–Crippen MR) is 67.4 cm³/mol. The third-order valence-electron chi connectivity index (χ3n) is 2.04. The van der Waals surface area contributed by atoms with Crippen LogP contribution in [0.1, 0.15) is 26.3 Å². The lowest BCUT2D eigenvalue weighted by molar-refractivity contribution is 0.239. The molecule has 0 saturated carbocycles. The zero-order chi connectivity index (χ0) is 11.8. The van der Waals surface area contributed by atoms with E-state index >= 15 is 0 Å². The van der Waals surface area contributed by atoms with Gasteiger partial charge in [-0.15, -0.1) is 5.92 Å². The molecule has 0 bridgehead atoms. The molecule has 1 aromatic rings. The molecule has 1 aromatic carbocycles. The summed E-state index contributed by atoms with van der Waals surface area (Å²) in [5.74, 6) is 6.79. The van der Waals surface area contributed by atoms with E-state index in [1.54, 1.807) is 0 Å². The number of hydrogen-bond donors (Lipinski definition) is 1. The lowest BCUT2D eigenvalue weighted by Crippen LogP contribution is -2.15. The number of hydrogen-bond acceptors (Lipinski definition) is 2. The van der Waals surface area contributed by atoms with Crippen molar-refractivity contribution in [3.8, 4) is 17.6 Å². The van der Waals surface area contributed by atoms with Gasteiger partial charge in [-0.25, -0.2) is 0 Å². The highest BCUT2D eigenvalue weighted by Gasteiger charge is 2.03. The zero-order valence-corrected chi connectivity index (χ0v) is 10.2. The quantitative estimate of drug-likeness (QED) is 0.604. The standard InChI is InChI=1S/C14H19NO/c1-4-5-10-15-11-13-8-6-7-9-14(13)16-12(2)3/h6-9,12,15H,10-11H2,1-3H3. The highest BCUT2D eigenvalue weighted by molar-refractivity contribution is 5.33. The number of ether oxygens (including phenoxy) is 1. The van der Waals surface area contributed by atoms with Gasteiger partial charge in [-0.2, -0.15) is 0 Å². The lowest BCUT2D eigenvalue weighted by Gasteiger charge is -2.14. The Morgan fingerprint density at radius 3 is 2.75 bits per heavy atom. The van der Waals surface area contributed by atoms with E-state index in [1.165, 1.54) is 5.56 Å². The Balaban J connectivity index is 2.58. The van der Waals surface area contributed by atoms with Gasteiger partial charge in [-0.3, -0.25) is 0 Å². The Hall–Kier alpha value is -1.46. The van der Waals surface area contributed by atoms with Crippen molar-refractivity contribution in [3.05, 3.63) is 29.8 Å². The van der Waals surface area contributed by atoms with Crippen LogP contribution in [-0.2, 0) is 6.54 Å². The average molecular weight is 217 g/mol. The maximum atomic E-state index is 5.73. The van der Waals surface area contributed by atoms with Crippen LogP contribution >= 0.6 is 0 Å². The van der Waals surface area contributed by atoms with Gasteiger partial charge in [0.15, 0.2) is 0 Å². The molecule has 1 rings (SSSR count). The fraction of sp³-hybridized carbons (Fsp3) is 0.429. The average Bonchev–Trinajstić information content (AvgIpc) is 2.26. The lowest BCUT2D eigenvalue weighted by atomic mass is 10.2.